The summed E-state index contributed by atoms with van der Waals surface area (Å²) >= 11 is 4.82. The van der Waals surface area contributed by atoms with Crippen LogP contribution in [-0.4, -0.2) is 28.9 Å². The van der Waals surface area contributed by atoms with Gasteiger partial charge < -0.3 is 10.6 Å². The maximum atomic E-state index is 11.7. The number of hydrogen-bond acceptors (Lipinski definition) is 2. The Morgan fingerprint density at radius 2 is 2.31 bits per heavy atom. The predicted octanol–water partition coefficient (Wildman–Crippen LogP) is 2.09. The molecule has 0 aliphatic carbocycles. The SMILES string of the molecule is CCCC1CC(=O)N(CCCCC(N)=S)C1. The second-order valence-corrected chi connectivity index (χ2v) is 5.15. The Hall–Kier alpha value is -0.640. The average molecular weight is 242 g/mol. The highest BCUT2D eigenvalue weighted by atomic mass is 32.1. The molecule has 4 heteroatoms. The fourth-order valence-corrected chi connectivity index (χ4v) is 2.42. The number of rotatable bonds is 7. The normalized spacial score (nSPS) is 20.4. The lowest BCUT2D eigenvalue weighted by Crippen LogP contribution is -2.26. The minimum absolute atomic E-state index is 0.328. The summed E-state index contributed by atoms with van der Waals surface area (Å²) in [6.45, 7) is 4.01. The number of amides is 1. The first-order valence-electron chi connectivity index (χ1n) is 6.19. The molecule has 1 saturated heterocycles. The van der Waals surface area contributed by atoms with E-state index in [0.717, 1.165) is 38.8 Å². The van der Waals surface area contributed by atoms with Gasteiger partial charge in [0.05, 0.1) is 4.99 Å². The van der Waals surface area contributed by atoms with Crippen molar-refractivity contribution >= 4 is 23.1 Å². The molecular formula is C12H22N2OS. The van der Waals surface area contributed by atoms with Crippen LogP contribution in [0.3, 0.4) is 0 Å². The minimum Gasteiger partial charge on any atom is -0.393 e. The molecule has 92 valence electrons. The molecule has 0 aromatic carbocycles. The van der Waals surface area contributed by atoms with Gasteiger partial charge in [-0.2, -0.15) is 0 Å². The molecule has 1 atom stereocenters. The standard InChI is InChI=1S/C12H22N2OS/c1-2-5-10-8-12(15)14(9-10)7-4-3-6-11(13)16/h10H,2-9H2,1H3,(H2,13,16). The number of carbonyl (C=O) groups is 1. The van der Waals surface area contributed by atoms with Gasteiger partial charge in [0, 0.05) is 19.5 Å². The lowest BCUT2D eigenvalue weighted by molar-refractivity contribution is -0.127. The predicted molar refractivity (Wildman–Crippen MR) is 70.2 cm³/mol. The summed E-state index contributed by atoms with van der Waals surface area (Å²) in [5.74, 6) is 0.918. The Balaban J connectivity index is 2.17. The molecule has 0 aromatic rings. The van der Waals surface area contributed by atoms with E-state index in [2.05, 4.69) is 6.92 Å². The van der Waals surface area contributed by atoms with E-state index in [4.69, 9.17) is 18.0 Å². The smallest absolute Gasteiger partial charge is 0.222 e. The lowest BCUT2D eigenvalue weighted by atomic mass is 10.0. The summed E-state index contributed by atoms with van der Waals surface area (Å²) in [5.41, 5.74) is 5.43. The van der Waals surface area contributed by atoms with Crippen LogP contribution in [0.1, 0.15) is 45.4 Å². The molecule has 0 spiro atoms. The zero-order valence-corrected chi connectivity index (χ0v) is 10.9. The monoisotopic (exact) mass is 242 g/mol. The molecule has 0 radical (unpaired) electrons. The Labute approximate surface area is 103 Å². The number of carbonyl (C=O) groups excluding carboxylic acids is 1. The number of thiocarbonyl (C=S) groups is 1. The van der Waals surface area contributed by atoms with E-state index >= 15 is 0 Å². The first-order chi connectivity index (χ1) is 7.63. The van der Waals surface area contributed by atoms with Crippen molar-refractivity contribution in [3.63, 3.8) is 0 Å². The maximum Gasteiger partial charge on any atom is 0.222 e. The minimum atomic E-state index is 0.328. The molecule has 1 unspecified atom stereocenters. The van der Waals surface area contributed by atoms with Crippen LogP contribution in [0.25, 0.3) is 0 Å². The van der Waals surface area contributed by atoms with Gasteiger partial charge in [-0.25, -0.2) is 0 Å². The Bertz CT molecular complexity index is 255. The number of unbranched alkanes of at least 4 members (excludes halogenated alkanes) is 1. The zero-order chi connectivity index (χ0) is 12.0. The van der Waals surface area contributed by atoms with Crippen LogP contribution >= 0.6 is 12.2 Å². The molecule has 1 rings (SSSR count). The second kappa shape index (κ2) is 6.84. The Morgan fingerprint density at radius 3 is 2.94 bits per heavy atom. The molecule has 1 aliphatic heterocycles. The lowest BCUT2D eigenvalue weighted by Gasteiger charge is -2.16. The van der Waals surface area contributed by atoms with Gasteiger partial charge in [-0.1, -0.05) is 25.6 Å². The molecular weight excluding hydrogens is 220 g/mol. The van der Waals surface area contributed by atoms with Crippen molar-refractivity contribution in [3.05, 3.63) is 0 Å². The van der Waals surface area contributed by atoms with Crippen molar-refractivity contribution < 1.29 is 4.79 Å². The fourth-order valence-electron chi connectivity index (χ4n) is 2.27. The molecule has 2 N–H and O–H groups in total. The van der Waals surface area contributed by atoms with E-state index < -0.39 is 0 Å². The van der Waals surface area contributed by atoms with Crippen molar-refractivity contribution in [1.82, 2.24) is 4.90 Å². The zero-order valence-electron chi connectivity index (χ0n) is 10.1. The van der Waals surface area contributed by atoms with Crippen molar-refractivity contribution in [2.45, 2.75) is 45.4 Å². The fraction of sp³-hybridized carbons (Fsp3) is 0.833. The summed E-state index contributed by atoms with van der Waals surface area (Å²) in [6.07, 6.45) is 5.92. The summed E-state index contributed by atoms with van der Waals surface area (Å²) in [4.78, 5) is 14.2. The first kappa shape index (κ1) is 13.4. The number of nitrogens with zero attached hydrogens (tertiary/aromatic N) is 1. The van der Waals surface area contributed by atoms with Gasteiger partial charge in [-0.05, 0) is 31.6 Å². The summed E-state index contributed by atoms with van der Waals surface area (Å²) < 4.78 is 0. The van der Waals surface area contributed by atoms with Gasteiger partial charge in [-0.15, -0.1) is 0 Å². The molecule has 0 saturated carbocycles. The van der Waals surface area contributed by atoms with Crippen molar-refractivity contribution in [2.75, 3.05) is 13.1 Å². The van der Waals surface area contributed by atoms with Gasteiger partial charge in [0.1, 0.15) is 0 Å². The topological polar surface area (TPSA) is 46.3 Å². The van der Waals surface area contributed by atoms with Gasteiger partial charge >= 0.3 is 0 Å². The van der Waals surface area contributed by atoms with E-state index in [-0.39, 0.29) is 0 Å². The molecule has 16 heavy (non-hydrogen) atoms. The van der Waals surface area contributed by atoms with Gasteiger partial charge in [-0.3, -0.25) is 4.79 Å². The third-order valence-electron chi connectivity index (χ3n) is 3.09. The van der Waals surface area contributed by atoms with Crippen molar-refractivity contribution in [1.29, 1.82) is 0 Å². The van der Waals surface area contributed by atoms with E-state index in [0.29, 0.717) is 16.8 Å². The largest absolute Gasteiger partial charge is 0.393 e. The molecule has 1 fully saturated rings. The summed E-state index contributed by atoms with van der Waals surface area (Å²) in [5, 5.41) is 0. The maximum absolute atomic E-state index is 11.7. The number of hydrogen-bond donors (Lipinski definition) is 1. The second-order valence-electron chi connectivity index (χ2n) is 4.62. The third kappa shape index (κ3) is 4.47. The van der Waals surface area contributed by atoms with E-state index in [9.17, 15) is 4.79 Å². The van der Waals surface area contributed by atoms with Crippen LogP contribution in [0.15, 0.2) is 0 Å². The van der Waals surface area contributed by atoms with Crippen molar-refractivity contribution in [2.24, 2.45) is 11.7 Å². The first-order valence-corrected chi connectivity index (χ1v) is 6.60. The molecule has 3 nitrogen and oxygen atoms in total. The van der Waals surface area contributed by atoms with Crippen LogP contribution in [0, 0.1) is 5.92 Å². The molecule has 1 amide bonds. The van der Waals surface area contributed by atoms with Crippen molar-refractivity contribution in [3.8, 4) is 0 Å². The highest BCUT2D eigenvalue weighted by Gasteiger charge is 2.27. The van der Waals surface area contributed by atoms with E-state index in [1.165, 1.54) is 12.8 Å². The Kier molecular flexibility index (Phi) is 5.74. The number of likely N-dealkylation sites (tertiary alicyclic amines) is 1. The van der Waals surface area contributed by atoms with Crippen LogP contribution in [0.5, 0.6) is 0 Å². The highest BCUT2D eigenvalue weighted by Crippen LogP contribution is 2.22. The summed E-state index contributed by atoms with van der Waals surface area (Å²) in [6, 6.07) is 0. The van der Waals surface area contributed by atoms with E-state index in [1.807, 2.05) is 4.90 Å². The van der Waals surface area contributed by atoms with Gasteiger partial charge in [0.15, 0.2) is 0 Å². The van der Waals surface area contributed by atoms with Crippen LogP contribution in [0.2, 0.25) is 0 Å². The summed E-state index contributed by atoms with van der Waals surface area (Å²) in [7, 11) is 0. The average Bonchev–Trinajstić information content (AvgIpc) is 2.54. The molecule has 0 aromatic heterocycles. The van der Waals surface area contributed by atoms with Gasteiger partial charge in [0.2, 0.25) is 5.91 Å². The van der Waals surface area contributed by atoms with Gasteiger partial charge in [0.25, 0.3) is 0 Å². The van der Waals surface area contributed by atoms with Crippen LogP contribution < -0.4 is 5.73 Å². The molecule has 0 bridgehead atoms. The van der Waals surface area contributed by atoms with Crippen LogP contribution in [-0.2, 0) is 4.79 Å². The molecule has 1 heterocycles. The van der Waals surface area contributed by atoms with Crippen LogP contribution in [0.4, 0.5) is 0 Å². The Morgan fingerprint density at radius 1 is 1.56 bits per heavy atom. The number of nitrogens with two attached hydrogens (primary N) is 1. The molecule has 1 aliphatic rings. The third-order valence-corrected chi connectivity index (χ3v) is 3.30. The quantitative estimate of drug-likeness (QED) is 0.549. The highest BCUT2D eigenvalue weighted by molar-refractivity contribution is 7.80. The van der Waals surface area contributed by atoms with E-state index in [1.54, 1.807) is 0 Å².